The Morgan fingerprint density at radius 2 is 2.00 bits per heavy atom. The fourth-order valence-corrected chi connectivity index (χ4v) is 2.99. The van der Waals surface area contributed by atoms with E-state index < -0.39 is 0 Å². The average Bonchev–Trinajstić information content (AvgIpc) is 2.92. The molecule has 0 saturated heterocycles. The lowest BCUT2D eigenvalue weighted by Crippen LogP contribution is -2.36. The van der Waals surface area contributed by atoms with Gasteiger partial charge in [-0.25, -0.2) is 4.52 Å². The highest BCUT2D eigenvalue weighted by atomic mass is 16.2. The molecular weight excluding hydrogens is 280 g/mol. The summed E-state index contributed by atoms with van der Waals surface area (Å²) in [4.78, 5) is 29.0. The Hall–Kier alpha value is -2.89. The van der Waals surface area contributed by atoms with Gasteiger partial charge >= 0.3 is 0 Å². The van der Waals surface area contributed by atoms with Gasteiger partial charge in [-0.2, -0.15) is 5.10 Å². The fourth-order valence-electron chi connectivity index (χ4n) is 2.99. The number of H-pyrrole nitrogens is 1. The summed E-state index contributed by atoms with van der Waals surface area (Å²) >= 11 is 0. The molecular formula is C16H14N4O2. The van der Waals surface area contributed by atoms with Crippen molar-refractivity contribution in [2.45, 2.75) is 13.0 Å². The van der Waals surface area contributed by atoms with E-state index in [0.29, 0.717) is 30.6 Å². The summed E-state index contributed by atoms with van der Waals surface area (Å²) < 4.78 is 1.49. The summed E-state index contributed by atoms with van der Waals surface area (Å²) in [5, 5.41) is 4.08. The number of benzene rings is 1. The van der Waals surface area contributed by atoms with Crippen LogP contribution in [-0.4, -0.2) is 31.9 Å². The highest BCUT2D eigenvalue weighted by Crippen LogP contribution is 2.23. The Balaban J connectivity index is 1.73. The molecule has 4 rings (SSSR count). The van der Waals surface area contributed by atoms with Gasteiger partial charge in [-0.15, -0.1) is 0 Å². The summed E-state index contributed by atoms with van der Waals surface area (Å²) in [7, 11) is 0. The maximum Gasteiger partial charge on any atom is 0.275 e. The molecule has 3 heterocycles. The number of carbonyl (C=O) groups is 1. The molecule has 0 radical (unpaired) electrons. The van der Waals surface area contributed by atoms with Gasteiger partial charge in [0, 0.05) is 19.3 Å². The first kappa shape index (κ1) is 12.8. The number of hydrogen-bond donors (Lipinski definition) is 1. The van der Waals surface area contributed by atoms with Crippen molar-refractivity contribution in [3.05, 3.63) is 69.9 Å². The molecule has 0 saturated carbocycles. The summed E-state index contributed by atoms with van der Waals surface area (Å²) in [6, 6.07) is 9.89. The summed E-state index contributed by atoms with van der Waals surface area (Å²) in [5.41, 5.74) is 2.74. The van der Waals surface area contributed by atoms with E-state index in [9.17, 15) is 9.59 Å². The van der Waals surface area contributed by atoms with Crippen molar-refractivity contribution in [2.75, 3.05) is 6.54 Å². The number of carbonyl (C=O) groups excluding carboxylic acids is 1. The average molecular weight is 294 g/mol. The van der Waals surface area contributed by atoms with Crippen molar-refractivity contribution in [1.82, 2.24) is 19.5 Å². The topological polar surface area (TPSA) is 70.5 Å². The van der Waals surface area contributed by atoms with Crippen LogP contribution in [0.15, 0.2) is 47.7 Å². The molecule has 1 N–H and O–H groups in total. The second kappa shape index (κ2) is 4.84. The maximum absolute atomic E-state index is 12.7. The predicted molar refractivity (Wildman–Crippen MR) is 80.7 cm³/mol. The van der Waals surface area contributed by atoms with E-state index in [4.69, 9.17) is 0 Å². The smallest absolute Gasteiger partial charge is 0.275 e. The van der Waals surface area contributed by atoms with E-state index in [1.54, 1.807) is 6.20 Å². The third kappa shape index (κ3) is 1.92. The van der Waals surface area contributed by atoms with Gasteiger partial charge in [0.05, 0.1) is 5.56 Å². The molecule has 0 aliphatic carbocycles. The molecule has 0 spiro atoms. The molecule has 6 nitrogen and oxygen atoms in total. The van der Waals surface area contributed by atoms with Gasteiger partial charge in [-0.05, 0) is 17.5 Å². The minimum Gasteiger partial charge on any atom is -0.334 e. The van der Waals surface area contributed by atoms with Crippen LogP contribution in [0.5, 0.6) is 0 Å². The molecule has 0 atom stereocenters. The van der Waals surface area contributed by atoms with Gasteiger partial charge in [0.25, 0.3) is 11.5 Å². The summed E-state index contributed by atoms with van der Waals surface area (Å²) in [6.07, 6.45) is 3.66. The number of amides is 1. The van der Waals surface area contributed by atoms with Crippen molar-refractivity contribution in [3.8, 4) is 0 Å². The molecule has 1 aliphatic rings. The third-order valence-corrected chi connectivity index (χ3v) is 4.05. The first-order chi connectivity index (χ1) is 10.7. The number of aromatic nitrogens is 3. The van der Waals surface area contributed by atoms with Crippen molar-refractivity contribution >= 4 is 11.4 Å². The second-order valence-electron chi connectivity index (χ2n) is 5.39. The van der Waals surface area contributed by atoms with E-state index in [1.807, 2.05) is 35.2 Å². The lowest BCUT2D eigenvalue weighted by Gasteiger charge is -2.26. The molecule has 1 aliphatic heterocycles. The van der Waals surface area contributed by atoms with E-state index >= 15 is 0 Å². The monoisotopic (exact) mass is 294 g/mol. The summed E-state index contributed by atoms with van der Waals surface area (Å²) in [6.45, 7) is 1.18. The van der Waals surface area contributed by atoms with Crippen LogP contribution < -0.4 is 5.56 Å². The van der Waals surface area contributed by atoms with Gasteiger partial charge in [0.1, 0.15) is 11.8 Å². The van der Waals surface area contributed by atoms with Crippen LogP contribution in [0, 0.1) is 0 Å². The highest BCUT2D eigenvalue weighted by molar-refractivity contribution is 5.98. The molecule has 2 aromatic heterocycles. The number of nitrogens with zero attached hydrogens (tertiary/aromatic N) is 3. The quantitative estimate of drug-likeness (QED) is 0.772. The SMILES string of the molecule is O=C1c2cn3nc[nH]c(=O)c3c2CCN1Cc1ccccc1. The molecule has 0 unspecified atom stereocenters. The molecule has 1 amide bonds. The van der Waals surface area contributed by atoms with Gasteiger partial charge in [0.15, 0.2) is 0 Å². The minimum absolute atomic E-state index is 0.0463. The largest absolute Gasteiger partial charge is 0.334 e. The van der Waals surface area contributed by atoms with E-state index in [0.717, 1.165) is 11.1 Å². The maximum atomic E-state index is 12.7. The number of aromatic amines is 1. The normalized spacial score (nSPS) is 14.4. The van der Waals surface area contributed by atoms with Gasteiger partial charge in [0.2, 0.25) is 0 Å². The van der Waals surface area contributed by atoms with Crippen molar-refractivity contribution in [2.24, 2.45) is 0 Å². The van der Waals surface area contributed by atoms with Gasteiger partial charge in [-0.1, -0.05) is 30.3 Å². The Bertz CT molecular complexity index is 911. The van der Waals surface area contributed by atoms with Crippen LogP contribution in [0.1, 0.15) is 21.5 Å². The molecule has 22 heavy (non-hydrogen) atoms. The Labute approximate surface area is 126 Å². The van der Waals surface area contributed by atoms with Crippen LogP contribution in [0.3, 0.4) is 0 Å². The second-order valence-corrected chi connectivity index (χ2v) is 5.39. The fraction of sp³-hybridized carbons (Fsp3) is 0.188. The zero-order chi connectivity index (χ0) is 15.1. The first-order valence-electron chi connectivity index (χ1n) is 7.15. The highest BCUT2D eigenvalue weighted by Gasteiger charge is 2.28. The lowest BCUT2D eigenvalue weighted by molar-refractivity contribution is 0.0728. The van der Waals surface area contributed by atoms with Crippen LogP contribution in [-0.2, 0) is 13.0 Å². The van der Waals surface area contributed by atoms with E-state index in [1.165, 1.54) is 10.8 Å². The zero-order valence-corrected chi connectivity index (χ0v) is 11.8. The molecule has 6 heteroatoms. The summed E-state index contributed by atoms with van der Waals surface area (Å²) in [5.74, 6) is -0.0463. The molecule has 0 fully saturated rings. The van der Waals surface area contributed by atoms with Crippen molar-refractivity contribution < 1.29 is 4.79 Å². The Morgan fingerprint density at radius 3 is 2.82 bits per heavy atom. The van der Waals surface area contributed by atoms with Crippen LogP contribution in [0.2, 0.25) is 0 Å². The Kier molecular flexibility index (Phi) is 2.82. The van der Waals surface area contributed by atoms with E-state index in [2.05, 4.69) is 10.1 Å². The van der Waals surface area contributed by atoms with Crippen molar-refractivity contribution in [1.29, 1.82) is 0 Å². The first-order valence-corrected chi connectivity index (χ1v) is 7.15. The van der Waals surface area contributed by atoms with Crippen molar-refractivity contribution in [3.63, 3.8) is 0 Å². The van der Waals surface area contributed by atoms with Crippen LogP contribution >= 0.6 is 0 Å². The van der Waals surface area contributed by atoms with Gasteiger partial charge in [-0.3, -0.25) is 9.59 Å². The standard InChI is InChI=1S/C16H14N4O2/c21-15-14-12-6-7-19(8-11-4-2-1-3-5-11)16(22)13(12)9-20(14)18-10-17-15/h1-5,9-10H,6-8H2,(H,17,18,21). The third-order valence-electron chi connectivity index (χ3n) is 4.05. The predicted octanol–water partition coefficient (Wildman–Crippen LogP) is 1.22. The number of nitrogens with one attached hydrogen (secondary N) is 1. The molecule has 110 valence electrons. The zero-order valence-electron chi connectivity index (χ0n) is 11.8. The van der Waals surface area contributed by atoms with Gasteiger partial charge < -0.3 is 9.88 Å². The van der Waals surface area contributed by atoms with E-state index in [-0.39, 0.29) is 11.5 Å². The molecule has 0 bridgehead atoms. The van der Waals surface area contributed by atoms with Crippen LogP contribution in [0.4, 0.5) is 0 Å². The molecule has 1 aromatic carbocycles. The number of rotatable bonds is 2. The number of hydrogen-bond acceptors (Lipinski definition) is 3. The number of fused-ring (bicyclic) bond motifs is 3. The van der Waals surface area contributed by atoms with Crippen LogP contribution in [0.25, 0.3) is 5.52 Å². The minimum atomic E-state index is -0.208. The Morgan fingerprint density at radius 1 is 1.18 bits per heavy atom. The lowest BCUT2D eigenvalue weighted by atomic mass is 10.0. The molecule has 3 aromatic rings.